The SMILES string of the molecule is OP1OCCCCCCCCCCCCO1. The van der Waals surface area contributed by atoms with Crippen LogP contribution in [0.5, 0.6) is 0 Å². The Kier molecular flexibility index (Phi) is 9.40. The van der Waals surface area contributed by atoms with Crippen molar-refractivity contribution in [2.24, 2.45) is 0 Å². The van der Waals surface area contributed by atoms with Gasteiger partial charge in [-0.2, -0.15) is 0 Å². The van der Waals surface area contributed by atoms with Crippen molar-refractivity contribution < 1.29 is 13.9 Å². The van der Waals surface area contributed by atoms with Crippen molar-refractivity contribution in [1.82, 2.24) is 0 Å². The first-order valence-electron chi connectivity index (χ1n) is 6.64. The zero-order valence-corrected chi connectivity index (χ0v) is 11.1. The van der Waals surface area contributed by atoms with Crippen LogP contribution in [-0.4, -0.2) is 18.1 Å². The van der Waals surface area contributed by atoms with Crippen molar-refractivity contribution in [1.29, 1.82) is 0 Å². The predicted molar refractivity (Wildman–Crippen MR) is 67.2 cm³/mol. The number of rotatable bonds is 0. The van der Waals surface area contributed by atoms with Gasteiger partial charge in [0.05, 0.1) is 13.2 Å². The van der Waals surface area contributed by atoms with Crippen LogP contribution in [0.4, 0.5) is 0 Å². The summed E-state index contributed by atoms with van der Waals surface area (Å²) >= 11 is 0. The minimum atomic E-state index is -1.61. The van der Waals surface area contributed by atoms with Gasteiger partial charge >= 0.3 is 8.60 Å². The van der Waals surface area contributed by atoms with Crippen LogP contribution in [0.25, 0.3) is 0 Å². The minimum Gasteiger partial charge on any atom is -0.328 e. The van der Waals surface area contributed by atoms with Crippen molar-refractivity contribution in [3.8, 4) is 0 Å². The van der Waals surface area contributed by atoms with E-state index in [9.17, 15) is 4.89 Å². The largest absolute Gasteiger partial charge is 0.329 e. The molecule has 16 heavy (non-hydrogen) atoms. The average molecular weight is 248 g/mol. The summed E-state index contributed by atoms with van der Waals surface area (Å²) in [5.41, 5.74) is 0. The van der Waals surface area contributed by atoms with Crippen molar-refractivity contribution >= 4 is 8.60 Å². The molecule has 1 rings (SSSR count). The molecule has 1 saturated heterocycles. The van der Waals surface area contributed by atoms with E-state index in [2.05, 4.69) is 0 Å². The summed E-state index contributed by atoms with van der Waals surface area (Å²) in [5, 5.41) is 0. The van der Waals surface area contributed by atoms with Gasteiger partial charge in [0.2, 0.25) is 0 Å². The lowest BCUT2D eigenvalue weighted by Crippen LogP contribution is -1.95. The molecule has 96 valence electrons. The van der Waals surface area contributed by atoms with Crippen molar-refractivity contribution in [3.05, 3.63) is 0 Å². The van der Waals surface area contributed by atoms with Crippen LogP contribution < -0.4 is 0 Å². The first-order chi connectivity index (χ1) is 7.89. The second-order valence-corrected chi connectivity index (χ2v) is 5.43. The summed E-state index contributed by atoms with van der Waals surface area (Å²) in [6.45, 7) is 1.28. The molecule has 0 unspecified atom stereocenters. The Morgan fingerprint density at radius 1 is 0.562 bits per heavy atom. The van der Waals surface area contributed by atoms with Gasteiger partial charge in [0.25, 0.3) is 0 Å². The fraction of sp³-hybridized carbons (Fsp3) is 1.00. The highest BCUT2D eigenvalue weighted by Gasteiger charge is 2.06. The summed E-state index contributed by atoms with van der Waals surface area (Å²) in [6, 6.07) is 0. The smallest absolute Gasteiger partial charge is 0.328 e. The van der Waals surface area contributed by atoms with Crippen LogP contribution in [0.3, 0.4) is 0 Å². The van der Waals surface area contributed by atoms with E-state index in [0.29, 0.717) is 13.2 Å². The average Bonchev–Trinajstić information content (AvgIpc) is 2.29. The lowest BCUT2D eigenvalue weighted by atomic mass is 10.1. The normalized spacial score (nSPS) is 24.6. The van der Waals surface area contributed by atoms with Crippen LogP contribution in [0, 0.1) is 0 Å². The molecule has 0 aromatic rings. The molecule has 3 nitrogen and oxygen atoms in total. The highest BCUT2D eigenvalue weighted by atomic mass is 31.2. The molecule has 4 heteroatoms. The van der Waals surface area contributed by atoms with Gasteiger partial charge in [-0.05, 0) is 12.8 Å². The Balaban J connectivity index is 2.10. The van der Waals surface area contributed by atoms with Crippen LogP contribution in [-0.2, 0) is 9.05 Å². The van der Waals surface area contributed by atoms with Crippen LogP contribution in [0.1, 0.15) is 64.2 Å². The van der Waals surface area contributed by atoms with E-state index in [1.807, 2.05) is 0 Å². The van der Waals surface area contributed by atoms with E-state index in [1.165, 1.54) is 51.4 Å². The maximum atomic E-state index is 9.39. The molecule has 0 amide bonds. The third-order valence-corrected chi connectivity index (χ3v) is 3.75. The van der Waals surface area contributed by atoms with Gasteiger partial charge in [-0.25, -0.2) is 0 Å². The van der Waals surface area contributed by atoms with E-state index in [0.717, 1.165) is 12.8 Å². The Labute approximate surface area is 101 Å². The van der Waals surface area contributed by atoms with E-state index in [1.54, 1.807) is 0 Å². The molecule has 1 fully saturated rings. The minimum absolute atomic E-state index is 0.641. The molecule has 0 bridgehead atoms. The van der Waals surface area contributed by atoms with E-state index in [-0.39, 0.29) is 0 Å². The maximum absolute atomic E-state index is 9.39. The standard InChI is InChI=1S/C12H25O3P/c13-16-14-11-9-7-5-3-1-2-4-6-8-10-12-15-16/h13H,1-12H2. The van der Waals surface area contributed by atoms with Gasteiger partial charge in [0.1, 0.15) is 0 Å². The first kappa shape index (κ1) is 14.4. The molecule has 1 aliphatic heterocycles. The number of hydrogen-bond acceptors (Lipinski definition) is 3. The molecule has 0 aromatic heterocycles. The molecule has 0 aromatic carbocycles. The molecule has 1 N–H and O–H groups in total. The Bertz CT molecular complexity index is 139. The maximum Gasteiger partial charge on any atom is 0.329 e. The van der Waals surface area contributed by atoms with E-state index >= 15 is 0 Å². The molecular formula is C12H25O3P. The number of hydrogen-bond donors (Lipinski definition) is 1. The second-order valence-electron chi connectivity index (χ2n) is 4.44. The summed E-state index contributed by atoms with van der Waals surface area (Å²) in [5.74, 6) is 0. The summed E-state index contributed by atoms with van der Waals surface area (Å²) < 4.78 is 10.4. The van der Waals surface area contributed by atoms with Crippen LogP contribution in [0.2, 0.25) is 0 Å². The Hall–Kier alpha value is 0.310. The first-order valence-corrected chi connectivity index (χ1v) is 7.77. The highest BCUT2D eigenvalue weighted by Crippen LogP contribution is 2.33. The molecule has 0 radical (unpaired) electrons. The van der Waals surface area contributed by atoms with Gasteiger partial charge < -0.3 is 13.9 Å². The van der Waals surface area contributed by atoms with Gasteiger partial charge in [0, 0.05) is 0 Å². The Morgan fingerprint density at radius 3 is 1.25 bits per heavy atom. The third kappa shape index (κ3) is 8.46. The van der Waals surface area contributed by atoms with Gasteiger partial charge in [0.15, 0.2) is 0 Å². The van der Waals surface area contributed by atoms with Crippen LogP contribution >= 0.6 is 8.60 Å². The molecule has 0 atom stereocenters. The Morgan fingerprint density at radius 2 is 0.875 bits per heavy atom. The molecule has 0 aliphatic carbocycles. The summed E-state index contributed by atoms with van der Waals surface area (Å²) in [7, 11) is -1.61. The predicted octanol–water partition coefficient (Wildman–Crippen LogP) is 4.15. The topological polar surface area (TPSA) is 38.7 Å². The molecule has 0 saturated carbocycles. The quantitative estimate of drug-likeness (QED) is 0.654. The zero-order valence-electron chi connectivity index (χ0n) is 10.2. The zero-order chi connectivity index (χ0) is 11.5. The lowest BCUT2D eigenvalue weighted by Gasteiger charge is -2.10. The van der Waals surface area contributed by atoms with Gasteiger partial charge in [-0.1, -0.05) is 51.4 Å². The van der Waals surface area contributed by atoms with Crippen molar-refractivity contribution in [3.63, 3.8) is 0 Å². The summed E-state index contributed by atoms with van der Waals surface area (Å²) in [4.78, 5) is 9.39. The molecule has 1 heterocycles. The molecular weight excluding hydrogens is 223 g/mol. The van der Waals surface area contributed by atoms with Gasteiger partial charge in [-0.15, -0.1) is 0 Å². The fourth-order valence-corrected chi connectivity index (χ4v) is 2.59. The summed E-state index contributed by atoms with van der Waals surface area (Å²) in [6.07, 6.45) is 12.6. The third-order valence-electron chi connectivity index (χ3n) is 2.94. The highest BCUT2D eigenvalue weighted by molar-refractivity contribution is 7.40. The molecule has 1 aliphatic rings. The second kappa shape index (κ2) is 10.5. The lowest BCUT2D eigenvalue weighted by molar-refractivity contribution is 0.194. The van der Waals surface area contributed by atoms with Crippen molar-refractivity contribution in [2.45, 2.75) is 64.2 Å². The molecule has 0 spiro atoms. The van der Waals surface area contributed by atoms with E-state index < -0.39 is 8.60 Å². The fourth-order valence-electron chi connectivity index (χ4n) is 1.94. The van der Waals surface area contributed by atoms with Gasteiger partial charge in [-0.3, -0.25) is 0 Å². The van der Waals surface area contributed by atoms with Crippen molar-refractivity contribution in [2.75, 3.05) is 13.2 Å². The van der Waals surface area contributed by atoms with E-state index in [4.69, 9.17) is 9.05 Å². The monoisotopic (exact) mass is 248 g/mol. The van der Waals surface area contributed by atoms with Crippen LogP contribution in [0.15, 0.2) is 0 Å².